The lowest BCUT2D eigenvalue weighted by molar-refractivity contribution is -0.136. The second-order valence-electron chi connectivity index (χ2n) is 5.08. The summed E-state index contributed by atoms with van der Waals surface area (Å²) in [5.41, 5.74) is 14.3. The topological polar surface area (TPSA) is 131 Å². The quantitative estimate of drug-likeness (QED) is 0.350. The molecular weight excluding hydrogens is 308 g/mol. The van der Waals surface area contributed by atoms with E-state index >= 15 is 0 Å². The van der Waals surface area contributed by atoms with E-state index in [0.717, 1.165) is 16.7 Å². The number of hydrogen-bond donors (Lipinski definition) is 4. The summed E-state index contributed by atoms with van der Waals surface area (Å²) in [6.07, 6.45) is 0.862. The van der Waals surface area contributed by atoms with Crippen LogP contribution in [0.25, 0.3) is 11.1 Å². The lowest BCUT2D eigenvalue weighted by Crippen LogP contribution is -2.21. The molecule has 124 valence electrons. The first-order valence-corrected chi connectivity index (χ1v) is 7.25. The zero-order chi connectivity index (χ0) is 17.5. The van der Waals surface area contributed by atoms with Crippen molar-refractivity contribution in [1.29, 1.82) is 0 Å². The molecule has 2 aromatic carbocycles. The molecule has 2 rings (SSSR count). The van der Waals surface area contributed by atoms with Crippen LogP contribution >= 0.6 is 0 Å². The fourth-order valence-corrected chi connectivity index (χ4v) is 2.41. The van der Waals surface area contributed by atoms with Crippen molar-refractivity contribution in [3.05, 3.63) is 48.0 Å². The van der Waals surface area contributed by atoms with E-state index in [1.54, 1.807) is 24.3 Å². The maximum Gasteiger partial charge on any atom is 0.303 e. The number of nitrogens with zero attached hydrogens (tertiary/aromatic N) is 1. The number of aliphatic imine (C=N–C) groups is 1. The van der Waals surface area contributed by atoms with E-state index < -0.39 is 5.97 Å². The molecule has 0 unspecified atom stereocenters. The van der Waals surface area contributed by atoms with Crippen molar-refractivity contribution in [1.82, 2.24) is 0 Å². The van der Waals surface area contributed by atoms with E-state index in [1.807, 2.05) is 18.2 Å². The molecule has 0 aliphatic heterocycles. The van der Waals surface area contributed by atoms with Crippen LogP contribution in [-0.2, 0) is 16.0 Å². The smallest absolute Gasteiger partial charge is 0.303 e. The van der Waals surface area contributed by atoms with Crippen LogP contribution in [0.3, 0.4) is 0 Å². The van der Waals surface area contributed by atoms with Gasteiger partial charge in [0.15, 0.2) is 5.96 Å². The minimum absolute atomic E-state index is 0.0228. The number of carboxylic acids is 1. The summed E-state index contributed by atoms with van der Waals surface area (Å²) in [4.78, 5) is 25.8. The van der Waals surface area contributed by atoms with Crippen molar-refractivity contribution in [2.24, 2.45) is 16.5 Å². The van der Waals surface area contributed by atoms with Gasteiger partial charge in [0.25, 0.3) is 0 Å². The number of aliphatic carboxylic acids is 1. The van der Waals surface area contributed by atoms with Gasteiger partial charge >= 0.3 is 5.97 Å². The summed E-state index contributed by atoms with van der Waals surface area (Å²) < 4.78 is 0. The third-order valence-electron chi connectivity index (χ3n) is 3.38. The average molecular weight is 326 g/mol. The number of carbonyl (C=O) groups excluding carboxylic acids is 1. The third kappa shape index (κ3) is 4.33. The number of carboxylic acid groups (broad SMARTS) is 1. The van der Waals surface area contributed by atoms with Gasteiger partial charge in [0, 0.05) is 12.0 Å². The van der Waals surface area contributed by atoms with Gasteiger partial charge in [0.1, 0.15) is 0 Å². The van der Waals surface area contributed by atoms with Gasteiger partial charge in [-0.3, -0.25) is 9.59 Å². The SMILES string of the molecule is NC(N)=Nc1cccc(-c2cccc(CCC(=O)O)c2NC=O)c1. The standard InChI is InChI=1S/C17H18N4O3/c18-17(19)21-13-5-1-4-12(9-13)14-6-2-3-11(7-8-15(23)24)16(14)20-10-22/h1-6,9-10H,7-8H2,(H,20,22)(H,23,24)(H4,18,19,21). The summed E-state index contributed by atoms with van der Waals surface area (Å²) in [6.45, 7) is 0. The number of rotatable bonds is 7. The minimum atomic E-state index is -0.896. The summed E-state index contributed by atoms with van der Waals surface area (Å²) >= 11 is 0. The fourth-order valence-electron chi connectivity index (χ4n) is 2.41. The van der Waals surface area contributed by atoms with Gasteiger partial charge < -0.3 is 21.9 Å². The number of hydrogen-bond acceptors (Lipinski definition) is 3. The number of benzene rings is 2. The summed E-state index contributed by atoms with van der Waals surface area (Å²) in [6, 6.07) is 12.6. The van der Waals surface area contributed by atoms with Crippen LogP contribution in [0.4, 0.5) is 11.4 Å². The molecule has 0 radical (unpaired) electrons. The molecule has 0 aliphatic rings. The molecular formula is C17H18N4O3. The molecule has 0 heterocycles. The number of aryl methyl sites for hydroxylation is 1. The fraction of sp³-hybridized carbons (Fsp3) is 0.118. The van der Waals surface area contributed by atoms with Crippen LogP contribution in [0.1, 0.15) is 12.0 Å². The molecule has 0 atom stereocenters. The second-order valence-corrected chi connectivity index (χ2v) is 5.08. The number of para-hydroxylation sites is 1. The van der Waals surface area contributed by atoms with Crippen LogP contribution < -0.4 is 16.8 Å². The third-order valence-corrected chi connectivity index (χ3v) is 3.38. The predicted octanol–water partition coefficient (Wildman–Crippen LogP) is 1.84. The van der Waals surface area contributed by atoms with Crippen molar-refractivity contribution >= 4 is 29.7 Å². The predicted molar refractivity (Wildman–Crippen MR) is 93.0 cm³/mol. The Labute approximate surface area is 139 Å². The lowest BCUT2D eigenvalue weighted by Gasteiger charge is -2.14. The summed E-state index contributed by atoms with van der Waals surface area (Å²) in [5, 5.41) is 11.5. The molecule has 0 fully saturated rings. The van der Waals surface area contributed by atoms with E-state index in [0.29, 0.717) is 24.2 Å². The van der Waals surface area contributed by atoms with E-state index in [9.17, 15) is 9.59 Å². The zero-order valence-corrected chi connectivity index (χ0v) is 12.9. The van der Waals surface area contributed by atoms with Crippen LogP contribution in [0.2, 0.25) is 0 Å². The van der Waals surface area contributed by atoms with E-state index in [-0.39, 0.29) is 12.4 Å². The van der Waals surface area contributed by atoms with E-state index in [4.69, 9.17) is 16.6 Å². The number of carbonyl (C=O) groups is 2. The van der Waals surface area contributed by atoms with Gasteiger partial charge in [0.2, 0.25) is 6.41 Å². The Morgan fingerprint density at radius 3 is 2.62 bits per heavy atom. The molecule has 0 bridgehead atoms. The number of nitrogens with two attached hydrogens (primary N) is 2. The van der Waals surface area contributed by atoms with Crippen molar-refractivity contribution in [2.75, 3.05) is 5.32 Å². The number of guanidine groups is 1. The van der Waals surface area contributed by atoms with Crippen molar-refractivity contribution in [3.63, 3.8) is 0 Å². The highest BCUT2D eigenvalue weighted by Crippen LogP contribution is 2.33. The summed E-state index contributed by atoms with van der Waals surface area (Å²) in [7, 11) is 0. The Morgan fingerprint density at radius 1 is 1.21 bits per heavy atom. The highest BCUT2D eigenvalue weighted by Gasteiger charge is 2.11. The van der Waals surface area contributed by atoms with Gasteiger partial charge in [-0.25, -0.2) is 4.99 Å². The molecule has 0 spiro atoms. The molecule has 2 aromatic rings. The Bertz CT molecular complexity index is 783. The van der Waals surface area contributed by atoms with E-state index in [2.05, 4.69) is 10.3 Å². The molecule has 0 saturated carbocycles. The van der Waals surface area contributed by atoms with Gasteiger partial charge in [-0.15, -0.1) is 0 Å². The Morgan fingerprint density at radius 2 is 1.96 bits per heavy atom. The molecule has 0 aromatic heterocycles. The normalized spacial score (nSPS) is 10.0. The first kappa shape index (κ1) is 17.0. The molecule has 7 heteroatoms. The minimum Gasteiger partial charge on any atom is -0.481 e. The Balaban J connectivity index is 2.49. The Kier molecular flexibility index (Phi) is 5.51. The number of anilines is 1. The molecule has 1 amide bonds. The van der Waals surface area contributed by atoms with Gasteiger partial charge in [-0.1, -0.05) is 30.3 Å². The lowest BCUT2D eigenvalue weighted by atomic mass is 9.97. The highest BCUT2D eigenvalue weighted by atomic mass is 16.4. The molecule has 7 nitrogen and oxygen atoms in total. The maximum absolute atomic E-state index is 11.0. The maximum atomic E-state index is 11.0. The van der Waals surface area contributed by atoms with Crippen LogP contribution in [0.15, 0.2) is 47.5 Å². The van der Waals surface area contributed by atoms with Crippen molar-refractivity contribution < 1.29 is 14.7 Å². The van der Waals surface area contributed by atoms with Gasteiger partial charge in [-0.05, 0) is 29.7 Å². The molecule has 0 aliphatic carbocycles. The summed E-state index contributed by atoms with van der Waals surface area (Å²) in [5.74, 6) is -0.944. The molecule has 0 saturated heterocycles. The second kappa shape index (κ2) is 7.77. The monoisotopic (exact) mass is 326 g/mol. The van der Waals surface area contributed by atoms with Crippen LogP contribution in [-0.4, -0.2) is 23.4 Å². The van der Waals surface area contributed by atoms with E-state index in [1.165, 1.54) is 0 Å². The van der Waals surface area contributed by atoms with Crippen LogP contribution in [0, 0.1) is 0 Å². The number of nitrogens with one attached hydrogen (secondary N) is 1. The van der Waals surface area contributed by atoms with Crippen molar-refractivity contribution in [2.45, 2.75) is 12.8 Å². The molecule has 6 N–H and O–H groups in total. The highest BCUT2D eigenvalue weighted by molar-refractivity contribution is 5.88. The van der Waals surface area contributed by atoms with Crippen molar-refractivity contribution in [3.8, 4) is 11.1 Å². The zero-order valence-electron chi connectivity index (χ0n) is 12.9. The van der Waals surface area contributed by atoms with Gasteiger partial charge in [0.05, 0.1) is 11.4 Å². The van der Waals surface area contributed by atoms with Gasteiger partial charge in [-0.2, -0.15) is 0 Å². The first-order valence-electron chi connectivity index (χ1n) is 7.25. The average Bonchev–Trinajstić information content (AvgIpc) is 2.53. The number of amides is 1. The van der Waals surface area contributed by atoms with Crippen LogP contribution in [0.5, 0.6) is 0 Å². The Hall–Kier alpha value is -3.35. The molecule has 24 heavy (non-hydrogen) atoms. The largest absolute Gasteiger partial charge is 0.481 e. The first-order chi connectivity index (χ1) is 11.5.